The molecule has 3 aromatic carbocycles. The van der Waals surface area contributed by atoms with Gasteiger partial charge < -0.3 is 4.90 Å². The van der Waals surface area contributed by atoms with Gasteiger partial charge >= 0.3 is 0 Å². The van der Waals surface area contributed by atoms with Crippen LogP contribution in [0.2, 0.25) is 0 Å². The summed E-state index contributed by atoms with van der Waals surface area (Å²) in [5.41, 5.74) is 2.53. The van der Waals surface area contributed by atoms with Crippen molar-refractivity contribution >= 4 is 33.9 Å². The number of nitrogens with zero attached hydrogens (tertiary/aromatic N) is 2. The van der Waals surface area contributed by atoms with Crippen molar-refractivity contribution in [3.63, 3.8) is 0 Å². The Hall–Kier alpha value is -2.90. The van der Waals surface area contributed by atoms with Crippen LogP contribution in [0.1, 0.15) is 0 Å². The molecular formula is C18H14N2O. The number of benzene rings is 3. The molecule has 3 heteroatoms. The summed E-state index contributed by atoms with van der Waals surface area (Å²) in [4.78, 5) is 16.3. The minimum atomic E-state index is 0.614. The lowest BCUT2D eigenvalue weighted by atomic mass is 10.1. The van der Waals surface area contributed by atoms with Crippen molar-refractivity contribution in [1.82, 2.24) is 0 Å². The van der Waals surface area contributed by atoms with Gasteiger partial charge in [-0.25, -0.2) is 4.79 Å². The molecule has 0 atom stereocenters. The summed E-state index contributed by atoms with van der Waals surface area (Å²) in [6.07, 6.45) is 1.61. The van der Waals surface area contributed by atoms with Crippen LogP contribution in [0.25, 0.3) is 10.8 Å². The lowest BCUT2D eigenvalue weighted by molar-refractivity contribution is 0.565. The van der Waals surface area contributed by atoms with E-state index >= 15 is 0 Å². The molecule has 0 saturated carbocycles. The monoisotopic (exact) mass is 274 g/mol. The predicted octanol–water partition coefficient (Wildman–Crippen LogP) is 4.58. The Morgan fingerprint density at radius 2 is 1.62 bits per heavy atom. The molecular weight excluding hydrogens is 260 g/mol. The number of hydrogen-bond acceptors (Lipinski definition) is 3. The minimum Gasteiger partial charge on any atom is -0.343 e. The van der Waals surface area contributed by atoms with Crippen LogP contribution in [0.15, 0.2) is 71.7 Å². The molecule has 0 bridgehead atoms. The Labute approximate surface area is 123 Å². The van der Waals surface area contributed by atoms with Gasteiger partial charge in [-0.15, -0.1) is 0 Å². The first-order valence-corrected chi connectivity index (χ1v) is 6.69. The Balaban J connectivity index is 2.08. The van der Waals surface area contributed by atoms with Gasteiger partial charge in [0.15, 0.2) is 0 Å². The van der Waals surface area contributed by atoms with Gasteiger partial charge in [-0.1, -0.05) is 42.5 Å². The fraction of sp³-hybridized carbons (Fsp3) is 0.0556. The molecule has 0 aromatic heterocycles. The molecule has 0 N–H and O–H groups in total. The zero-order valence-electron chi connectivity index (χ0n) is 11.7. The van der Waals surface area contributed by atoms with Crippen LogP contribution in [-0.4, -0.2) is 13.1 Å². The fourth-order valence-electron chi connectivity index (χ4n) is 2.42. The summed E-state index contributed by atoms with van der Waals surface area (Å²) in [5, 5.41) is 2.38. The second-order valence-corrected chi connectivity index (χ2v) is 4.78. The molecule has 0 aliphatic rings. The second-order valence-electron chi connectivity index (χ2n) is 4.78. The van der Waals surface area contributed by atoms with Crippen molar-refractivity contribution in [2.24, 2.45) is 4.99 Å². The van der Waals surface area contributed by atoms with Crippen LogP contribution in [0.5, 0.6) is 0 Å². The van der Waals surface area contributed by atoms with Gasteiger partial charge in [-0.3, -0.25) is 0 Å². The van der Waals surface area contributed by atoms with Crippen LogP contribution in [0.4, 0.5) is 17.1 Å². The van der Waals surface area contributed by atoms with Crippen molar-refractivity contribution < 1.29 is 4.79 Å². The maximum Gasteiger partial charge on any atom is 0.240 e. The number of carbonyl (C=O) groups excluding carboxylic acids is 1. The highest BCUT2D eigenvalue weighted by Gasteiger charge is 2.09. The highest BCUT2D eigenvalue weighted by molar-refractivity contribution is 5.87. The molecule has 0 aliphatic heterocycles. The molecule has 21 heavy (non-hydrogen) atoms. The molecule has 102 valence electrons. The maximum atomic E-state index is 10.6. The van der Waals surface area contributed by atoms with Gasteiger partial charge in [0.1, 0.15) is 0 Å². The third-order valence-electron chi connectivity index (χ3n) is 3.53. The summed E-state index contributed by atoms with van der Waals surface area (Å²) in [6, 6.07) is 22.0. The van der Waals surface area contributed by atoms with Gasteiger partial charge in [0.25, 0.3) is 0 Å². The van der Waals surface area contributed by atoms with Crippen molar-refractivity contribution in [2.75, 3.05) is 11.9 Å². The van der Waals surface area contributed by atoms with E-state index < -0.39 is 0 Å². The smallest absolute Gasteiger partial charge is 0.240 e. The summed E-state index contributed by atoms with van der Waals surface area (Å²) < 4.78 is 0. The molecule has 0 fully saturated rings. The van der Waals surface area contributed by atoms with Gasteiger partial charge in [0, 0.05) is 12.7 Å². The van der Waals surface area contributed by atoms with E-state index in [9.17, 15) is 4.79 Å². The third-order valence-corrected chi connectivity index (χ3v) is 3.53. The fourth-order valence-corrected chi connectivity index (χ4v) is 2.42. The van der Waals surface area contributed by atoms with Crippen molar-refractivity contribution in [2.45, 2.75) is 0 Å². The first-order valence-electron chi connectivity index (χ1n) is 6.69. The molecule has 0 spiro atoms. The van der Waals surface area contributed by atoms with Gasteiger partial charge in [0.05, 0.1) is 11.4 Å². The molecule has 0 aliphatic carbocycles. The summed E-state index contributed by atoms with van der Waals surface area (Å²) in [6.45, 7) is 0. The standard InChI is InChI=1S/C18H14N2O/c1-20(18-9-5-4-8-17(18)19-13-21)16-11-10-14-6-2-3-7-15(14)12-16/h2-12H,1H3. The summed E-state index contributed by atoms with van der Waals surface area (Å²) in [7, 11) is 1.96. The van der Waals surface area contributed by atoms with Crippen molar-refractivity contribution in [3.8, 4) is 0 Å². The third kappa shape index (κ3) is 2.55. The van der Waals surface area contributed by atoms with Gasteiger partial charge in [-0.2, -0.15) is 4.99 Å². The summed E-state index contributed by atoms with van der Waals surface area (Å²) >= 11 is 0. The number of rotatable bonds is 3. The van der Waals surface area contributed by atoms with Crippen molar-refractivity contribution in [1.29, 1.82) is 0 Å². The molecule has 3 rings (SSSR count). The van der Waals surface area contributed by atoms with E-state index in [0.29, 0.717) is 5.69 Å². The van der Waals surface area contributed by atoms with E-state index in [-0.39, 0.29) is 0 Å². The van der Waals surface area contributed by atoms with E-state index in [1.165, 1.54) is 10.8 Å². The van der Waals surface area contributed by atoms with E-state index in [1.54, 1.807) is 12.1 Å². The zero-order chi connectivity index (χ0) is 14.7. The van der Waals surface area contributed by atoms with Crippen LogP contribution in [-0.2, 0) is 4.79 Å². The molecule has 0 radical (unpaired) electrons. The van der Waals surface area contributed by atoms with Gasteiger partial charge in [-0.05, 0) is 35.0 Å². The van der Waals surface area contributed by atoms with E-state index in [1.807, 2.05) is 42.3 Å². The van der Waals surface area contributed by atoms with Crippen molar-refractivity contribution in [3.05, 3.63) is 66.7 Å². The first kappa shape index (κ1) is 13.1. The number of aliphatic imine (C=N–C) groups is 1. The number of para-hydroxylation sites is 2. The first-order chi connectivity index (χ1) is 10.3. The molecule has 3 aromatic rings. The molecule has 0 saturated heterocycles. The summed E-state index contributed by atoms with van der Waals surface area (Å²) in [5.74, 6) is 0. The lowest BCUT2D eigenvalue weighted by Gasteiger charge is -2.21. The largest absolute Gasteiger partial charge is 0.343 e. The van der Waals surface area contributed by atoms with Crippen LogP contribution in [0.3, 0.4) is 0 Å². The highest BCUT2D eigenvalue weighted by atomic mass is 16.1. The SMILES string of the molecule is CN(c1ccc2ccccc2c1)c1ccccc1N=C=O. The zero-order valence-corrected chi connectivity index (χ0v) is 11.7. The van der Waals surface area contributed by atoms with Crippen LogP contribution < -0.4 is 4.90 Å². The van der Waals surface area contributed by atoms with E-state index in [4.69, 9.17) is 0 Å². The average Bonchev–Trinajstić information content (AvgIpc) is 2.54. The molecule has 0 unspecified atom stereocenters. The predicted molar refractivity (Wildman–Crippen MR) is 86.2 cm³/mol. The molecule has 0 amide bonds. The Morgan fingerprint density at radius 1 is 0.905 bits per heavy atom. The molecule has 3 nitrogen and oxygen atoms in total. The van der Waals surface area contributed by atoms with Crippen LogP contribution in [0, 0.1) is 0 Å². The maximum absolute atomic E-state index is 10.6. The number of anilines is 2. The average molecular weight is 274 g/mol. The highest BCUT2D eigenvalue weighted by Crippen LogP contribution is 2.33. The minimum absolute atomic E-state index is 0.614. The number of isocyanates is 1. The van der Waals surface area contributed by atoms with Gasteiger partial charge in [0.2, 0.25) is 6.08 Å². The van der Waals surface area contributed by atoms with E-state index in [2.05, 4.69) is 35.3 Å². The lowest BCUT2D eigenvalue weighted by Crippen LogP contribution is -2.09. The number of hydrogen-bond donors (Lipinski definition) is 0. The normalized spacial score (nSPS) is 10.1. The Bertz CT molecular complexity index is 835. The quantitative estimate of drug-likeness (QED) is 0.517. The number of fused-ring (bicyclic) bond motifs is 1. The van der Waals surface area contributed by atoms with Crippen LogP contribution >= 0.6 is 0 Å². The molecule has 0 heterocycles. The Morgan fingerprint density at radius 3 is 2.43 bits per heavy atom. The Kier molecular flexibility index (Phi) is 3.50. The van der Waals surface area contributed by atoms with E-state index in [0.717, 1.165) is 11.4 Å². The second kappa shape index (κ2) is 5.61. The topological polar surface area (TPSA) is 32.7 Å².